The van der Waals surface area contributed by atoms with Crippen molar-refractivity contribution in [3.05, 3.63) is 127 Å². The molecule has 0 saturated carbocycles. The standard InChI is InChI=1S/C33H25F2N5O2/c34-24-13-16-27(26(35)19-24)40-33(41)39-25-14-11-21(12-15-25)17-18-36-31-29-28(22-7-3-1-4-8-22)30(23-9-5-2-6-10-23)42-32(29)38-20-37-31/h1-16,19-20H,17-18H2,(H,36,37,38)(H2,39,40,41). The van der Waals surface area contributed by atoms with Gasteiger partial charge in [0.2, 0.25) is 5.71 Å². The zero-order chi connectivity index (χ0) is 28.9. The van der Waals surface area contributed by atoms with Gasteiger partial charge < -0.3 is 20.4 Å². The van der Waals surface area contributed by atoms with E-state index in [2.05, 4.69) is 25.9 Å². The zero-order valence-electron chi connectivity index (χ0n) is 22.3. The number of hydrogen-bond donors (Lipinski definition) is 3. The molecule has 0 atom stereocenters. The lowest BCUT2D eigenvalue weighted by Crippen LogP contribution is -2.20. The molecule has 6 rings (SSSR count). The van der Waals surface area contributed by atoms with Crippen molar-refractivity contribution in [1.82, 2.24) is 9.97 Å². The molecule has 0 unspecified atom stereocenters. The van der Waals surface area contributed by atoms with Gasteiger partial charge in [0.15, 0.2) is 0 Å². The average molecular weight is 562 g/mol. The molecular weight excluding hydrogens is 536 g/mol. The summed E-state index contributed by atoms with van der Waals surface area (Å²) >= 11 is 0. The third-order valence-electron chi connectivity index (χ3n) is 6.68. The van der Waals surface area contributed by atoms with E-state index in [1.165, 1.54) is 12.4 Å². The van der Waals surface area contributed by atoms with Gasteiger partial charge >= 0.3 is 6.03 Å². The van der Waals surface area contributed by atoms with Gasteiger partial charge in [-0.15, -0.1) is 0 Å². The molecule has 2 amide bonds. The number of halogens is 2. The van der Waals surface area contributed by atoms with Gasteiger partial charge in [0.25, 0.3) is 0 Å². The molecule has 42 heavy (non-hydrogen) atoms. The predicted molar refractivity (Wildman–Crippen MR) is 160 cm³/mol. The van der Waals surface area contributed by atoms with E-state index in [4.69, 9.17) is 4.42 Å². The van der Waals surface area contributed by atoms with E-state index in [0.29, 0.717) is 36.3 Å². The van der Waals surface area contributed by atoms with Crippen molar-refractivity contribution in [3.8, 4) is 22.5 Å². The van der Waals surface area contributed by atoms with E-state index in [-0.39, 0.29) is 5.69 Å². The number of hydrogen-bond acceptors (Lipinski definition) is 5. The normalized spacial score (nSPS) is 10.9. The number of benzene rings is 4. The van der Waals surface area contributed by atoms with Crippen LogP contribution in [-0.4, -0.2) is 22.5 Å². The summed E-state index contributed by atoms with van der Waals surface area (Å²) < 4.78 is 33.2. The first kappa shape index (κ1) is 26.6. The van der Waals surface area contributed by atoms with Crippen molar-refractivity contribution < 1.29 is 18.0 Å². The van der Waals surface area contributed by atoms with Gasteiger partial charge in [-0.2, -0.15) is 0 Å². The highest BCUT2D eigenvalue weighted by atomic mass is 19.1. The number of furan rings is 1. The molecule has 0 aliphatic rings. The van der Waals surface area contributed by atoms with Gasteiger partial charge in [0.1, 0.15) is 29.5 Å². The van der Waals surface area contributed by atoms with Gasteiger partial charge in [0, 0.05) is 29.4 Å². The minimum Gasteiger partial charge on any atom is -0.437 e. The molecule has 0 spiro atoms. The number of rotatable bonds is 8. The Morgan fingerprint density at radius 2 is 1.50 bits per heavy atom. The largest absolute Gasteiger partial charge is 0.437 e. The molecule has 2 aromatic heterocycles. The van der Waals surface area contributed by atoms with E-state index in [1.54, 1.807) is 12.1 Å². The van der Waals surface area contributed by atoms with E-state index in [9.17, 15) is 13.6 Å². The van der Waals surface area contributed by atoms with Crippen LogP contribution >= 0.6 is 0 Å². The molecule has 0 radical (unpaired) electrons. The summed E-state index contributed by atoms with van der Waals surface area (Å²) in [6.07, 6.45) is 2.17. The number of carbonyl (C=O) groups excluding carboxylic acids is 1. The Bertz CT molecular complexity index is 1840. The molecule has 0 saturated heterocycles. The van der Waals surface area contributed by atoms with E-state index < -0.39 is 17.7 Å². The summed E-state index contributed by atoms with van der Waals surface area (Å²) in [7, 11) is 0. The Morgan fingerprint density at radius 3 is 2.21 bits per heavy atom. The van der Waals surface area contributed by atoms with Crippen LogP contribution in [0.2, 0.25) is 0 Å². The van der Waals surface area contributed by atoms with Crippen LogP contribution in [0.4, 0.5) is 30.8 Å². The summed E-state index contributed by atoms with van der Waals surface area (Å²) in [5, 5.41) is 9.27. The van der Waals surface area contributed by atoms with Crippen molar-refractivity contribution in [3.63, 3.8) is 0 Å². The minimum atomic E-state index is -0.850. The first-order valence-corrected chi connectivity index (χ1v) is 13.3. The van der Waals surface area contributed by atoms with Crippen molar-refractivity contribution in [1.29, 1.82) is 0 Å². The third kappa shape index (κ3) is 5.80. The van der Waals surface area contributed by atoms with Crippen LogP contribution in [-0.2, 0) is 6.42 Å². The van der Waals surface area contributed by atoms with Crippen molar-refractivity contribution in [2.75, 3.05) is 22.5 Å². The lowest BCUT2D eigenvalue weighted by atomic mass is 9.99. The van der Waals surface area contributed by atoms with Crippen LogP contribution in [0.1, 0.15) is 5.56 Å². The average Bonchev–Trinajstić information content (AvgIpc) is 3.41. The number of aromatic nitrogens is 2. The molecule has 0 aliphatic heterocycles. The van der Waals surface area contributed by atoms with Crippen LogP contribution in [0, 0.1) is 11.6 Å². The molecule has 4 aromatic carbocycles. The molecule has 208 valence electrons. The second-order valence-corrected chi connectivity index (χ2v) is 9.52. The van der Waals surface area contributed by atoms with Crippen molar-refractivity contribution in [2.24, 2.45) is 0 Å². The second-order valence-electron chi connectivity index (χ2n) is 9.52. The molecule has 9 heteroatoms. The molecular formula is C33H25F2N5O2. The molecule has 0 bridgehead atoms. The number of fused-ring (bicyclic) bond motifs is 1. The zero-order valence-corrected chi connectivity index (χ0v) is 22.3. The number of urea groups is 1. The summed E-state index contributed by atoms with van der Waals surface area (Å²) in [6.45, 7) is 0.587. The SMILES string of the molecule is O=C(Nc1ccc(CCNc2ncnc3oc(-c4ccccc4)c(-c4ccccc4)c23)cc1)Nc1ccc(F)cc1F. The van der Waals surface area contributed by atoms with E-state index >= 15 is 0 Å². The fraction of sp³-hybridized carbons (Fsp3) is 0.0606. The summed E-state index contributed by atoms with van der Waals surface area (Å²) in [6, 6.07) is 29.6. The van der Waals surface area contributed by atoms with E-state index in [1.807, 2.05) is 72.8 Å². The number of amides is 2. The van der Waals surface area contributed by atoms with Gasteiger partial charge in [-0.25, -0.2) is 23.5 Å². The van der Waals surface area contributed by atoms with Gasteiger partial charge in [-0.05, 0) is 41.8 Å². The van der Waals surface area contributed by atoms with Gasteiger partial charge in [-0.3, -0.25) is 0 Å². The molecule has 0 fully saturated rings. The van der Waals surface area contributed by atoms with Crippen molar-refractivity contribution in [2.45, 2.75) is 6.42 Å². The Hall–Kier alpha value is -5.57. The van der Waals surface area contributed by atoms with Crippen LogP contribution in [0.3, 0.4) is 0 Å². The van der Waals surface area contributed by atoms with Gasteiger partial charge in [-0.1, -0.05) is 72.8 Å². The van der Waals surface area contributed by atoms with Crippen LogP contribution in [0.15, 0.2) is 114 Å². The van der Waals surface area contributed by atoms with Crippen LogP contribution in [0.5, 0.6) is 0 Å². The Balaban J connectivity index is 1.16. The highest BCUT2D eigenvalue weighted by Crippen LogP contribution is 2.42. The third-order valence-corrected chi connectivity index (χ3v) is 6.68. The number of carbonyl (C=O) groups is 1. The van der Waals surface area contributed by atoms with Crippen molar-refractivity contribution >= 4 is 34.3 Å². The predicted octanol–water partition coefficient (Wildman–Crippen LogP) is 8.13. The Labute approximate surface area is 240 Å². The van der Waals surface area contributed by atoms with Crippen LogP contribution in [0.25, 0.3) is 33.6 Å². The highest BCUT2D eigenvalue weighted by Gasteiger charge is 2.21. The molecule has 7 nitrogen and oxygen atoms in total. The number of anilines is 3. The lowest BCUT2D eigenvalue weighted by molar-refractivity contribution is 0.262. The first-order valence-electron chi connectivity index (χ1n) is 13.3. The number of nitrogens with zero attached hydrogens (tertiary/aromatic N) is 2. The molecule has 3 N–H and O–H groups in total. The van der Waals surface area contributed by atoms with Crippen LogP contribution < -0.4 is 16.0 Å². The maximum absolute atomic E-state index is 13.8. The summed E-state index contributed by atoms with van der Waals surface area (Å²) in [5.74, 6) is -0.162. The smallest absolute Gasteiger partial charge is 0.323 e. The van der Waals surface area contributed by atoms with E-state index in [0.717, 1.165) is 39.5 Å². The Kier molecular flexibility index (Phi) is 7.54. The molecule has 0 aliphatic carbocycles. The quantitative estimate of drug-likeness (QED) is 0.174. The fourth-order valence-corrected chi connectivity index (χ4v) is 4.70. The first-order chi connectivity index (χ1) is 20.5. The maximum Gasteiger partial charge on any atom is 0.323 e. The maximum atomic E-state index is 13.8. The Morgan fingerprint density at radius 1 is 0.786 bits per heavy atom. The minimum absolute atomic E-state index is 0.112. The van der Waals surface area contributed by atoms with Gasteiger partial charge in [0.05, 0.1) is 11.1 Å². The molecule has 6 aromatic rings. The highest BCUT2D eigenvalue weighted by molar-refractivity contribution is 6.05. The summed E-state index contributed by atoms with van der Waals surface area (Å²) in [4.78, 5) is 21.2. The topological polar surface area (TPSA) is 92.1 Å². The second kappa shape index (κ2) is 11.9. The lowest BCUT2D eigenvalue weighted by Gasteiger charge is -2.10. The fourth-order valence-electron chi connectivity index (χ4n) is 4.70. The summed E-state index contributed by atoms with van der Waals surface area (Å²) in [5.41, 5.74) is 4.83. The number of nitrogens with one attached hydrogen (secondary N) is 3. The molecule has 2 heterocycles. The monoisotopic (exact) mass is 561 g/mol.